The van der Waals surface area contributed by atoms with E-state index < -0.39 is 0 Å². The van der Waals surface area contributed by atoms with Crippen LogP contribution in [0.4, 0.5) is 0 Å². The van der Waals surface area contributed by atoms with Crippen LogP contribution in [0, 0.1) is 11.6 Å². The quantitative estimate of drug-likeness (QED) is 0.701. The fourth-order valence-electron chi connectivity index (χ4n) is 2.15. The summed E-state index contributed by atoms with van der Waals surface area (Å²) in [5.41, 5.74) is 3.00. The molecule has 0 amide bonds. The fourth-order valence-corrected chi connectivity index (χ4v) is 2.36. The lowest BCUT2D eigenvalue weighted by Crippen LogP contribution is -1.98. The third-order valence-corrected chi connectivity index (χ3v) is 3.67. The van der Waals surface area contributed by atoms with Crippen LogP contribution in [0.25, 0.3) is 22.6 Å². The van der Waals surface area contributed by atoms with Gasteiger partial charge in [-0.05, 0) is 25.5 Å². The maximum Gasteiger partial charge on any atom is 0.175 e. The first-order chi connectivity index (χ1) is 9.19. The molecule has 3 rings (SSSR count). The van der Waals surface area contributed by atoms with E-state index >= 15 is 0 Å². The Bertz CT molecular complexity index is 768. The molecule has 19 heavy (non-hydrogen) atoms. The first kappa shape index (κ1) is 12.1. The van der Waals surface area contributed by atoms with Gasteiger partial charge in [-0.2, -0.15) is 0 Å². The highest BCUT2D eigenvalue weighted by Crippen LogP contribution is 2.26. The molecule has 0 saturated heterocycles. The number of aromatic nitrogens is 2. The Morgan fingerprint density at radius 1 is 1.32 bits per heavy atom. The van der Waals surface area contributed by atoms with Crippen LogP contribution in [-0.2, 0) is 6.42 Å². The first-order valence-electron chi connectivity index (χ1n) is 6.27. The van der Waals surface area contributed by atoms with Gasteiger partial charge in [0.2, 0.25) is 0 Å². The van der Waals surface area contributed by atoms with Crippen molar-refractivity contribution in [1.82, 2.24) is 9.97 Å². The number of nitrogens with zero attached hydrogens (tertiary/aromatic N) is 1. The van der Waals surface area contributed by atoms with E-state index in [2.05, 4.69) is 16.9 Å². The molecule has 0 unspecified atom stereocenters. The van der Waals surface area contributed by atoms with Gasteiger partial charge in [-0.3, -0.25) is 0 Å². The van der Waals surface area contributed by atoms with Crippen molar-refractivity contribution in [2.45, 2.75) is 20.3 Å². The fraction of sp³-hybridized carbons (Fsp3) is 0.200. The van der Waals surface area contributed by atoms with E-state index in [1.165, 1.54) is 0 Å². The second-order valence-corrected chi connectivity index (χ2v) is 4.88. The SMILES string of the molecule is CCc1[nH]c(-c2cc3ccccc3o2)nc(=S)c1C. The summed E-state index contributed by atoms with van der Waals surface area (Å²) in [5.74, 6) is 1.42. The van der Waals surface area contributed by atoms with Crippen molar-refractivity contribution in [2.24, 2.45) is 0 Å². The summed E-state index contributed by atoms with van der Waals surface area (Å²) in [4.78, 5) is 7.72. The molecule has 2 aromatic heterocycles. The highest BCUT2D eigenvalue weighted by molar-refractivity contribution is 7.71. The molecule has 96 valence electrons. The van der Waals surface area contributed by atoms with Crippen molar-refractivity contribution < 1.29 is 4.42 Å². The number of H-pyrrole nitrogens is 1. The van der Waals surface area contributed by atoms with Gasteiger partial charge in [0.05, 0.1) is 0 Å². The Morgan fingerprint density at radius 3 is 2.84 bits per heavy atom. The van der Waals surface area contributed by atoms with Crippen molar-refractivity contribution in [3.05, 3.63) is 46.2 Å². The van der Waals surface area contributed by atoms with Crippen molar-refractivity contribution in [3.8, 4) is 11.6 Å². The Hall–Kier alpha value is -1.94. The van der Waals surface area contributed by atoms with E-state index in [0.29, 0.717) is 10.5 Å². The molecule has 0 radical (unpaired) electrons. The molecular formula is C15H14N2OS. The smallest absolute Gasteiger partial charge is 0.175 e. The van der Waals surface area contributed by atoms with Crippen molar-refractivity contribution >= 4 is 23.2 Å². The molecule has 0 saturated carbocycles. The van der Waals surface area contributed by atoms with Crippen LogP contribution in [0.15, 0.2) is 34.7 Å². The van der Waals surface area contributed by atoms with Crippen LogP contribution in [0.2, 0.25) is 0 Å². The molecule has 2 heterocycles. The predicted octanol–water partition coefficient (Wildman–Crippen LogP) is 4.42. The van der Waals surface area contributed by atoms with Gasteiger partial charge in [-0.25, -0.2) is 4.98 Å². The summed E-state index contributed by atoms with van der Waals surface area (Å²) in [6.45, 7) is 4.09. The Balaban J connectivity index is 2.21. The van der Waals surface area contributed by atoms with E-state index in [1.807, 2.05) is 37.3 Å². The minimum Gasteiger partial charge on any atom is -0.453 e. The summed E-state index contributed by atoms with van der Waals surface area (Å²) in [7, 11) is 0. The van der Waals surface area contributed by atoms with Crippen LogP contribution in [0.5, 0.6) is 0 Å². The minimum absolute atomic E-state index is 0.631. The highest BCUT2D eigenvalue weighted by Gasteiger charge is 2.10. The van der Waals surface area contributed by atoms with E-state index in [4.69, 9.17) is 16.6 Å². The first-order valence-corrected chi connectivity index (χ1v) is 6.68. The molecule has 0 aliphatic rings. The number of nitrogens with one attached hydrogen (secondary N) is 1. The van der Waals surface area contributed by atoms with Gasteiger partial charge in [0.1, 0.15) is 10.2 Å². The number of fused-ring (bicyclic) bond motifs is 1. The van der Waals surface area contributed by atoms with Gasteiger partial charge < -0.3 is 9.40 Å². The molecule has 0 aliphatic carbocycles. The number of benzene rings is 1. The standard InChI is InChI=1S/C15H14N2OS/c1-3-11-9(2)15(19)17-14(16-11)13-8-10-6-4-5-7-12(10)18-13/h4-8H,3H2,1-2H3,(H,16,17,19). The lowest BCUT2D eigenvalue weighted by atomic mass is 10.2. The molecular weight excluding hydrogens is 256 g/mol. The Kier molecular flexibility index (Phi) is 2.95. The lowest BCUT2D eigenvalue weighted by molar-refractivity contribution is 0.624. The minimum atomic E-state index is 0.631. The zero-order chi connectivity index (χ0) is 13.4. The molecule has 3 nitrogen and oxygen atoms in total. The number of aryl methyl sites for hydroxylation is 1. The second kappa shape index (κ2) is 4.63. The molecule has 1 N–H and O–H groups in total. The maximum atomic E-state index is 5.81. The highest BCUT2D eigenvalue weighted by atomic mass is 32.1. The Labute approximate surface area is 116 Å². The van der Waals surface area contributed by atoms with Crippen molar-refractivity contribution in [1.29, 1.82) is 0 Å². The van der Waals surface area contributed by atoms with Crippen LogP contribution < -0.4 is 0 Å². The third-order valence-electron chi connectivity index (χ3n) is 3.27. The van der Waals surface area contributed by atoms with Crippen molar-refractivity contribution in [3.63, 3.8) is 0 Å². The lowest BCUT2D eigenvalue weighted by Gasteiger charge is -2.05. The summed E-state index contributed by atoms with van der Waals surface area (Å²) in [5, 5.41) is 1.07. The number of aromatic amines is 1. The summed E-state index contributed by atoms with van der Waals surface area (Å²) < 4.78 is 6.44. The third kappa shape index (κ3) is 2.08. The average Bonchev–Trinajstić information content (AvgIpc) is 2.85. The van der Waals surface area contributed by atoms with Crippen LogP contribution >= 0.6 is 12.2 Å². The normalized spacial score (nSPS) is 11.1. The van der Waals surface area contributed by atoms with Gasteiger partial charge in [0.25, 0.3) is 0 Å². The number of hydrogen-bond acceptors (Lipinski definition) is 3. The molecule has 1 aromatic carbocycles. The molecule has 0 aliphatic heterocycles. The molecule has 0 bridgehead atoms. The van der Waals surface area contributed by atoms with E-state index in [9.17, 15) is 0 Å². The van der Waals surface area contributed by atoms with Gasteiger partial charge in [-0.15, -0.1) is 0 Å². The number of hydrogen-bond donors (Lipinski definition) is 1. The van der Waals surface area contributed by atoms with Gasteiger partial charge in [-0.1, -0.05) is 37.3 Å². The van der Waals surface area contributed by atoms with Crippen molar-refractivity contribution in [2.75, 3.05) is 0 Å². The summed E-state index contributed by atoms with van der Waals surface area (Å²) in [6.07, 6.45) is 0.894. The van der Waals surface area contributed by atoms with E-state index in [-0.39, 0.29) is 0 Å². The zero-order valence-electron chi connectivity index (χ0n) is 10.9. The molecule has 0 atom stereocenters. The van der Waals surface area contributed by atoms with Gasteiger partial charge >= 0.3 is 0 Å². The van der Waals surface area contributed by atoms with E-state index in [1.54, 1.807) is 0 Å². The number of rotatable bonds is 2. The summed E-state index contributed by atoms with van der Waals surface area (Å²) in [6, 6.07) is 9.90. The maximum absolute atomic E-state index is 5.81. The molecule has 3 aromatic rings. The monoisotopic (exact) mass is 270 g/mol. The molecule has 4 heteroatoms. The van der Waals surface area contributed by atoms with Crippen LogP contribution in [-0.4, -0.2) is 9.97 Å². The summed E-state index contributed by atoms with van der Waals surface area (Å²) >= 11 is 5.30. The second-order valence-electron chi connectivity index (χ2n) is 4.50. The number of furan rings is 1. The zero-order valence-corrected chi connectivity index (χ0v) is 11.7. The van der Waals surface area contributed by atoms with Gasteiger partial charge in [0.15, 0.2) is 11.6 Å². The van der Waals surface area contributed by atoms with Crippen LogP contribution in [0.3, 0.4) is 0 Å². The molecule has 0 fully saturated rings. The van der Waals surface area contributed by atoms with Gasteiger partial charge in [0, 0.05) is 16.6 Å². The van der Waals surface area contributed by atoms with E-state index in [0.717, 1.165) is 34.4 Å². The predicted molar refractivity (Wildman–Crippen MR) is 78.7 cm³/mol. The van der Waals surface area contributed by atoms with Crippen LogP contribution in [0.1, 0.15) is 18.2 Å². The molecule has 0 spiro atoms. The Morgan fingerprint density at radius 2 is 2.11 bits per heavy atom. The average molecular weight is 270 g/mol. The number of para-hydroxylation sites is 1. The topological polar surface area (TPSA) is 41.8 Å². The largest absolute Gasteiger partial charge is 0.453 e.